The summed E-state index contributed by atoms with van der Waals surface area (Å²) in [4.78, 5) is 11.6. The van der Waals surface area contributed by atoms with Crippen molar-refractivity contribution in [3.63, 3.8) is 0 Å². The molecule has 18 heavy (non-hydrogen) atoms. The van der Waals surface area contributed by atoms with Crippen LogP contribution in [-0.2, 0) is 9.53 Å². The highest BCUT2D eigenvalue weighted by Crippen LogP contribution is 2.17. The minimum Gasteiger partial charge on any atom is -0.497 e. The molecule has 0 aliphatic rings. The SMILES string of the molecule is COc1ccc(C(C)NC(=O)COC(C)C)cc1. The number of amides is 1. The quantitative estimate of drug-likeness (QED) is 0.844. The van der Waals surface area contributed by atoms with Crippen LogP contribution in [0.4, 0.5) is 0 Å². The van der Waals surface area contributed by atoms with Gasteiger partial charge >= 0.3 is 0 Å². The number of rotatable bonds is 6. The van der Waals surface area contributed by atoms with Crippen molar-refractivity contribution >= 4 is 5.91 Å². The molecule has 0 aliphatic heterocycles. The number of benzene rings is 1. The molecule has 1 N–H and O–H groups in total. The molecule has 1 atom stereocenters. The van der Waals surface area contributed by atoms with Crippen LogP contribution in [-0.4, -0.2) is 25.7 Å². The largest absolute Gasteiger partial charge is 0.497 e. The molecule has 0 bridgehead atoms. The smallest absolute Gasteiger partial charge is 0.246 e. The van der Waals surface area contributed by atoms with E-state index in [-0.39, 0.29) is 24.7 Å². The summed E-state index contributed by atoms with van der Waals surface area (Å²) in [6.07, 6.45) is 0.0621. The average Bonchev–Trinajstić information content (AvgIpc) is 2.36. The van der Waals surface area contributed by atoms with Gasteiger partial charge in [0.25, 0.3) is 0 Å². The molecule has 0 radical (unpaired) electrons. The lowest BCUT2D eigenvalue weighted by Gasteiger charge is -2.15. The van der Waals surface area contributed by atoms with Gasteiger partial charge < -0.3 is 14.8 Å². The first kappa shape index (κ1) is 14.5. The van der Waals surface area contributed by atoms with E-state index in [0.29, 0.717) is 0 Å². The molecule has 4 heteroatoms. The van der Waals surface area contributed by atoms with Crippen molar-refractivity contribution in [2.24, 2.45) is 0 Å². The van der Waals surface area contributed by atoms with Crippen LogP contribution in [0.5, 0.6) is 5.75 Å². The molecule has 0 saturated carbocycles. The molecule has 4 nitrogen and oxygen atoms in total. The van der Waals surface area contributed by atoms with Gasteiger partial charge in [0.2, 0.25) is 5.91 Å². The Morgan fingerprint density at radius 3 is 2.33 bits per heavy atom. The van der Waals surface area contributed by atoms with Crippen molar-refractivity contribution in [1.82, 2.24) is 5.32 Å². The number of ether oxygens (including phenoxy) is 2. The highest BCUT2D eigenvalue weighted by molar-refractivity contribution is 5.77. The average molecular weight is 251 g/mol. The minimum atomic E-state index is -0.105. The maximum absolute atomic E-state index is 11.6. The highest BCUT2D eigenvalue weighted by Gasteiger charge is 2.10. The van der Waals surface area contributed by atoms with Gasteiger partial charge in [-0.15, -0.1) is 0 Å². The normalized spacial score (nSPS) is 12.3. The van der Waals surface area contributed by atoms with Crippen molar-refractivity contribution in [3.8, 4) is 5.75 Å². The van der Waals surface area contributed by atoms with Crippen molar-refractivity contribution in [2.75, 3.05) is 13.7 Å². The summed E-state index contributed by atoms with van der Waals surface area (Å²) in [5, 5.41) is 2.88. The van der Waals surface area contributed by atoms with Crippen LogP contribution in [0.2, 0.25) is 0 Å². The first-order valence-electron chi connectivity index (χ1n) is 6.08. The van der Waals surface area contributed by atoms with Gasteiger partial charge in [0.1, 0.15) is 12.4 Å². The second kappa shape index (κ2) is 7.01. The molecule has 1 rings (SSSR count). The molecule has 1 amide bonds. The van der Waals surface area contributed by atoms with Crippen molar-refractivity contribution in [2.45, 2.75) is 32.9 Å². The van der Waals surface area contributed by atoms with E-state index in [1.54, 1.807) is 7.11 Å². The van der Waals surface area contributed by atoms with E-state index >= 15 is 0 Å². The minimum absolute atomic E-state index is 0.0424. The highest BCUT2D eigenvalue weighted by atomic mass is 16.5. The Labute approximate surface area is 108 Å². The number of nitrogens with one attached hydrogen (secondary N) is 1. The van der Waals surface area contributed by atoms with Gasteiger partial charge in [-0.2, -0.15) is 0 Å². The predicted octanol–water partition coefficient (Wildman–Crippen LogP) is 2.30. The Bertz CT molecular complexity index is 373. The van der Waals surface area contributed by atoms with Gasteiger partial charge in [0.15, 0.2) is 0 Å². The lowest BCUT2D eigenvalue weighted by Crippen LogP contribution is -2.31. The van der Waals surface area contributed by atoms with Crippen LogP contribution in [0.25, 0.3) is 0 Å². The Balaban J connectivity index is 2.48. The molecule has 1 aromatic rings. The Kier molecular flexibility index (Phi) is 5.65. The van der Waals surface area contributed by atoms with Gasteiger partial charge in [0, 0.05) is 0 Å². The number of carbonyl (C=O) groups is 1. The first-order chi connectivity index (χ1) is 8.52. The van der Waals surface area contributed by atoms with Gasteiger partial charge in [-0.1, -0.05) is 12.1 Å². The number of hydrogen-bond acceptors (Lipinski definition) is 3. The van der Waals surface area contributed by atoms with Gasteiger partial charge in [0.05, 0.1) is 19.3 Å². The van der Waals surface area contributed by atoms with Crippen LogP contribution < -0.4 is 10.1 Å². The van der Waals surface area contributed by atoms with E-state index in [4.69, 9.17) is 9.47 Å². The molecule has 1 aromatic carbocycles. The predicted molar refractivity (Wildman–Crippen MR) is 70.6 cm³/mol. The summed E-state index contributed by atoms with van der Waals surface area (Å²) < 4.78 is 10.3. The maximum Gasteiger partial charge on any atom is 0.246 e. The second-order valence-corrected chi connectivity index (χ2v) is 4.42. The lowest BCUT2D eigenvalue weighted by atomic mass is 10.1. The number of methoxy groups -OCH3 is 1. The molecule has 0 heterocycles. The van der Waals surface area contributed by atoms with Crippen LogP contribution in [0.1, 0.15) is 32.4 Å². The van der Waals surface area contributed by atoms with Crippen LogP contribution in [0.3, 0.4) is 0 Å². The lowest BCUT2D eigenvalue weighted by molar-refractivity contribution is -0.127. The fourth-order valence-corrected chi connectivity index (χ4v) is 1.50. The zero-order valence-electron chi connectivity index (χ0n) is 11.4. The third-order valence-electron chi connectivity index (χ3n) is 2.54. The summed E-state index contributed by atoms with van der Waals surface area (Å²) in [6.45, 7) is 5.84. The summed E-state index contributed by atoms with van der Waals surface area (Å²) in [5.74, 6) is 0.701. The second-order valence-electron chi connectivity index (χ2n) is 4.42. The Hall–Kier alpha value is -1.55. The third-order valence-corrected chi connectivity index (χ3v) is 2.54. The molecule has 0 saturated heterocycles. The van der Waals surface area contributed by atoms with E-state index < -0.39 is 0 Å². The molecule has 1 unspecified atom stereocenters. The van der Waals surface area contributed by atoms with Crippen molar-refractivity contribution in [1.29, 1.82) is 0 Å². The molecule has 100 valence electrons. The van der Waals surface area contributed by atoms with Crippen LogP contribution in [0.15, 0.2) is 24.3 Å². The summed E-state index contributed by atoms with van der Waals surface area (Å²) in [7, 11) is 1.63. The molecular formula is C14H21NO3. The first-order valence-corrected chi connectivity index (χ1v) is 6.08. The van der Waals surface area contributed by atoms with E-state index in [1.165, 1.54) is 0 Å². The van der Waals surface area contributed by atoms with Gasteiger partial charge in [-0.3, -0.25) is 4.79 Å². The molecule has 0 aromatic heterocycles. The molecule has 0 spiro atoms. The zero-order chi connectivity index (χ0) is 13.5. The Morgan fingerprint density at radius 2 is 1.83 bits per heavy atom. The molecular weight excluding hydrogens is 230 g/mol. The van der Waals surface area contributed by atoms with Crippen molar-refractivity contribution < 1.29 is 14.3 Å². The number of carbonyl (C=O) groups excluding carboxylic acids is 1. The van der Waals surface area contributed by atoms with E-state index in [2.05, 4.69) is 5.32 Å². The zero-order valence-corrected chi connectivity index (χ0v) is 11.4. The summed E-state index contributed by atoms with van der Waals surface area (Å²) >= 11 is 0. The standard InChI is InChI=1S/C14H21NO3/c1-10(2)18-9-14(16)15-11(3)12-5-7-13(17-4)8-6-12/h5-8,10-11H,9H2,1-4H3,(H,15,16). The summed E-state index contributed by atoms with van der Waals surface area (Å²) in [6, 6.07) is 7.59. The molecule has 0 aliphatic carbocycles. The fourth-order valence-electron chi connectivity index (χ4n) is 1.50. The fraction of sp³-hybridized carbons (Fsp3) is 0.500. The van der Waals surface area contributed by atoms with Gasteiger partial charge in [-0.05, 0) is 38.5 Å². The molecule has 0 fully saturated rings. The van der Waals surface area contributed by atoms with Gasteiger partial charge in [-0.25, -0.2) is 0 Å². The number of hydrogen-bond donors (Lipinski definition) is 1. The monoisotopic (exact) mass is 251 g/mol. The van der Waals surface area contributed by atoms with Crippen LogP contribution in [0, 0.1) is 0 Å². The van der Waals surface area contributed by atoms with Crippen LogP contribution >= 0.6 is 0 Å². The topological polar surface area (TPSA) is 47.6 Å². The van der Waals surface area contributed by atoms with E-state index in [0.717, 1.165) is 11.3 Å². The van der Waals surface area contributed by atoms with Crippen molar-refractivity contribution in [3.05, 3.63) is 29.8 Å². The van der Waals surface area contributed by atoms with E-state index in [9.17, 15) is 4.79 Å². The summed E-state index contributed by atoms with van der Waals surface area (Å²) in [5.41, 5.74) is 1.04. The van der Waals surface area contributed by atoms with E-state index in [1.807, 2.05) is 45.0 Å². The Morgan fingerprint density at radius 1 is 1.22 bits per heavy atom. The maximum atomic E-state index is 11.6. The third kappa shape index (κ3) is 4.75.